The van der Waals surface area contributed by atoms with E-state index in [1.807, 2.05) is 0 Å². The highest BCUT2D eigenvalue weighted by molar-refractivity contribution is 9.10. The molecule has 0 aliphatic rings. The Kier molecular flexibility index (Phi) is 8.74. The lowest BCUT2D eigenvalue weighted by atomic mass is 10.00. The van der Waals surface area contributed by atoms with E-state index in [0.717, 1.165) is 12.8 Å². The van der Waals surface area contributed by atoms with Gasteiger partial charge in [-0.15, -0.1) is 0 Å². The lowest BCUT2D eigenvalue weighted by molar-refractivity contribution is 0.520. The Bertz CT molecular complexity index is 412. The maximum atomic E-state index is 14.0. The summed E-state index contributed by atoms with van der Waals surface area (Å²) in [6.45, 7) is 2.22. The van der Waals surface area contributed by atoms with E-state index in [1.165, 1.54) is 38.5 Å². The van der Waals surface area contributed by atoms with Crippen molar-refractivity contribution in [3.8, 4) is 0 Å². The van der Waals surface area contributed by atoms with E-state index in [9.17, 15) is 4.39 Å². The van der Waals surface area contributed by atoms with Crippen LogP contribution in [0.3, 0.4) is 0 Å². The normalized spacial score (nSPS) is 12.7. The molecule has 1 atom stereocenters. The smallest absolute Gasteiger partial charge is 0.147 e. The van der Waals surface area contributed by atoms with Crippen LogP contribution in [0.5, 0.6) is 0 Å². The molecule has 0 fully saturated rings. The summed E-state index contributed by atoms with van der Waals surface area (Å²) < 4.78 is 14.6. The molecule has 20 heavy (non-hydrogen) atoms. The fourth-order valence-electron chi connectivity index (χ4n) is 2.30. The monoisotopic (exact) mass is 363 g/mol. The summed E-state index contributed by atoms with van der Waals surface area (Å²) >= 11 is 9.09. The van der Waals surface area contributed by atoms with Crippen LogP contribution in [0.4, 0.5) is 4.39 Å². The second kappa shape index (κ2) is 9.75. The summed E-state index contributed by atoms with van der Waals surface area (Å²) in [5, 5.41) is 0.123. The molecule has 114 valence electrons. The highest BCUT2D eigenvalue weighted by atomic mass is 79.9. The van der Waals surface area contributed by atoms with Crippen LogP contribution in [-0.4, -0.2) is 0 Å². The first-order valence-corrected chi connectivity index (χ1v) is 8.64. The van der Waals surface area contributed by atoms with E-state index < -0.39 is 5.82 Å². The van der Waals surface area contributed by atoms with Crippen molar-refractivity contribution in [2.75, 3.05) is 0 Å². The van der Waals surface area contributed by atoms with Crippen molar-refractivity contribution >= 4 is 27.5 Å². The van der Waals surface area contributed by atoms with Gasteiger partial charge in [-0.2, -0.15) is 0 Å². The molecule has 0 amide bonds. The molecule has 0 radical (unpaired) electrons. The van der Waals surface area contributed by atoms with Crippen molar-refractivity contribution in [3.63, 3.8) is 0 Å². The van der Waals surface area contributed by atoms with Gasteiger partial charge in [0.2, 0.25) is 0 Å². The van der Waals surface area contributed by atoms with Crippen molar-refractivity contribution in [3.05, 3.63) is 33.0 Å². The van der Waals surface area contributed by atoms with Gasteiger partial charge in [-0.05, 0) is 28.4 Å². The number of nitrogens with two attached hydrogens (primary N) is 1. The van der Waals surface area contributed by atoms with Crippen molar-refractivity contribution < 1.29 is 4.39 Å². The molecule has 0 aliphatic carbocycles. The molecule has 0 spiro atoms. The minimum atomic E-state index is -0.392. The van der Waals surface area contributed by atoms with Crippen LogP contribution < -0.4 is 5.73 Å². The number of hydrogen-bond acceptors (Lipinski definition) is 1. The lowest BCUT2D eigenvalue weighted by Crippen LogP contribution is -2.12. The van der Waals surface area contributed by atoms with Crippen LogP contribution in [0.2, 0.25) is 5.02 Å². The summed E-state index contributed by atoms with van der Waals surface area (Å²) in [6, 6.07) is 3.21. The molecule has 4 heteroatoms. The number of halogens is 3. The molecular weight excluding hydrogens is 341 g/mol. The Labute approximate surface area is 135 Å². The zero-order valence-electron chi connectivity index (χ0n) is 12.1. The van der Waals surface area contributed by atoms with Gasteiger partial charge >= 0.3 is 0 Å². The minimum Gasteiger partial charge on any atom is -0.324 e. The lowest BCUT2D eigenvalue weighted by Gasteiger charge is -2.14. The largest absolute Gasteiger partial charge is 0.324 e. The van der Waals surface area contributed by atoms with Gasteiger partial charge in [-0.25, -0.2) is 4.39 Å². The fourth-order valence-corrected chi connectivity index (χ4v) is 2.78. The summed E-state index contributed by atoms with van der Waals surface area (Å²) in [5.41, 5.74) is 6.58. The molecule has 1 rings (SSSR count). The van der Waals surface area contributed by atoms with Gasteiger partial charge in [-0.1, -0.05) is 69.5 Å². The third-order valence-corrected chi connectivity index (χ3v) is 4.84. The summed E-state index contributed by atoms with van der Waals surface area (Å²) in [6.07, 6.45) is 9.47. The first-order valence-electron chi connectivity index (χ1n) is 7.46. The van der Waals surface area contributed by atoms with Crippen LogP contribution in [0, 0.1) is 5.82 Å². The third-order valence-electron chi connectivity index (χ3n) is 3.58. The molecule has 1 aromatic rings. The first-order chi connectivity index (χ1) is 9.57. The first kappa shape index (κ1) is 17.9. The number of rotatable bonds is 9. The molecule has 0 saturated heterocycles. The summed E-state index contributed by atoms with van der Waals surface area (Å²) in [5.74, 6) is -0.392. The topological polar surface area (TPSA) is 26.0 Å². The molecule has 1 unspecified atom stereocenters. The zero-order chi connectivity index (χ0) is 15.0. The number of unbranched alkanes of at least 4 members (excludes halogenated alkanes) is 6. The van der Waals surface area contributed by atoms with Gasteiger partial charge in [0, 0.05) is 16.1 Å². The Morgan fingerprint density at radius 3 is 2.40 bits per heavy atom. The molecule has 0 aromatic heterocycles. The summed E-state index contributed by atoms with van der Waals surface area (Å²) in [4.78, 5) is 0. The van der Waals surface area contributed by atoms with Gasteiger partial charge < -0.3 is 5.73 Å². The SMILES string of the molecule is CCCCCCCCCC(N)c1ccc(Br)c(Cl)c1F. The average Bonchev–Trinajstić information content (AvgIpc) is 2.43. The van der Waals surface area contributed by atoms with Gasteiger partial charge in [-0.3, -0.25) is 0 Å². The second-order valence-corrected chi connectivity index (χ2v) is 6.51. The van der Waals surface area contributed by atoms with Crippen LogP contribution in [0.15, 0.2) is 16.6 Å². The van der Waals surface area contributed by atoms with E-state index in [-0.39, 0.29) is 11.1 Å². The standard InChI is InChI=1S/C16H24BrClFN/c1-2-3-4-5-6-7-8-9-14(20)12-10-11-13(17)15(18)16(12)19/h10-11,14H,2-9,20H2,1H3. The molecule has 1 aromatic carbocycles. The quantitative estimate of drug-likeness (QED) is 0.399. The molecule has 0 heterocycles. The highest BCUT2D eigenvalue weighted by Crippen LogP contribution is 2.31. The van der Waals surface area contributed by atoms with Gasteiger partial charge in [0.05, 0.1) is 5.02 Å². The predicted octanol–water partition coefficient (Wildman–Crippen LogP) is 6.38. The highest BCUT2D eigenvalue weighted by Gasteiger charge is 2.15. The molecule has 0 bridgehead atoms. The Morgan fingerprint density at radius 2 is 1.75 bits per heavy atom. The number of hydrogen-bond donors (Lipinski definition) is 1. The van der Waals surface area contributed by atoms with Crippen molar-refractivity contribution in [1.82, 2.24) is 0 Å². The Morgan fingerprint density at radius 1 is 1.15 bits per heavy atom. The number of benzene rings is 1. The maximum Gasteiger partial charge on any atom is 0.147 e. The van der Waals surface area contributed by atoms with Crippen molar-refractivity contribution in [2.24, 2.45) is 5.73 Å². The molecular formula is C16H24BrClFN. The maximum absolute atomic E-state index is 14.0. The Hall–Kier alpha value is -0.120. The fraction of sp³-hybridized carbons (Fsp3) is 0.625. The molecule has 1 nitrogen and oxygen atoms in total. The van der Waals surface area contributed by atoms with Crippen LogP contribution in [-0.2, 0) is 0 Å². The van der Waals surface area contributed by atoms with Gasteiger partial charge in [0.25, 0.3) is 0 Å². The van der Waals surface area contributed by atoms with Crippen molar-refractivity contribution in [2.45, 2.75) is 64.3 Å². The second-order valence-electron chi connectivity index (χ2n) is 5.28. The van der Waals surface area contributed by atoms with Crippen molar-refractivity contribution in [1.29, 1.82) is 0 Å². The average molecular weight is 365 g/mol. The molecule has 2 N–H and O–H groups in total. The zero-order valence-corrected chi connectivity index (χ0v) is 14.4. The molecule has 0 saturated carbocycles. The van der Waals surface area contributed by atoms with Crippen LogP contribution in [0.1, 0.15) is 69.9 Å². The van der Waals surface area contributed by atoms with E-state index in [4.69, 9.17) is 17.3 Å². The van der Waals surface area contributed by atoms with E-state index in [2.05, 4.69) is 22.9 Å². The van der Waals surface area contributed by atoms with Gasteiger partial charge in [0.15, 0.2) is 0 Å². The van der Waals surface area contributed by atoms with E-state index >= 15 is 0 Å². The predicted molar refractivity (Wildman–Crippen MR) is 88.6 cm³/mol. The summed E-state index contributed by atoms with van der Waals surface area (Å²) in [7, 11) is 0. The van der Waals surface area contributed by atoms with Gasteiger partial charge in [0.1, 0.15) is 5.82 Å². The van der Waals surface area contributed by atoms with E-state index in [1.54, 1.807) is 12.1 Å². The third kappa shape index (κ3) is 5.71. The Balaban J connectivity index is 2.33. The minimum absolute atomic E-state index is 0.123. The molecule has 0 aliphatic heterocycles. The van der Waals surface area contributed by atoms with Crippen LogP contribution in [0.25, 0.3) is 0 Å². The van der Waals surface area contributed by atoms with E-state index in [0.29, 0.717) is 10.0 Å². The van der Waals surface area contributed by atoms with Crippen LogP contribution >= 0.6 is 27.5 Å².